The Labute approximate surface area is 109 Å². The number of nitrogens with one attached hydrogen (secondary N) is 1. The lowest BCUT2D eigenvalue weighted by atomic mass is 9.99. The van der Waals surface area contributed by atoms with Gasteiger partial charge in [-0.2, -0.15) is 13.2 Å². The van der Waals surface area contributed by atoms with Gasteiger partial charge in [-0.25, -0.2) is 0 Å². The monoisotopic (exact) mass is 272 g/mol. The van der Waals surface area contributed by atoms with Crippen molar-refractivity contribution in [3.05, 3.63) is 29.3 Å². The number of alkyl halides is 3. The second kappa shape index (κ2) is 5.11. The third-order valence-electron chi connectivity index (χ3n) is 3.21. The number of anilines is 1. The highest BCUT2D eigenvalue weighted by Gasteiger charge is 2.38. The summed E-state index contributed by atoms with van der Waals surface area (Å²) in [6.45, 7) is 0.881. The van der Waals surface area contributed by atoms with Gasteiger partial charge in [-0.15, -0.1) is 0 Å². The molecule has 0 atom stereocenters. The molecule has 1 amide bonds. The van der Waals surface area contributed by atoms with Gasteiger partial charge in [0, 0.05) is 25.8 Å². The smallest absolute Gasteiger partial charge is 0.374 e. The van der Waals surface area contributed by atoms with Crippen LogP contribution in [0, 0.1) is 0 Å². The summed E-state index contributed by atoms with van der Waals surface area (Å²) in [7, 11) is 1.99. The first-order chi connectivity index (χ1) is 8.88. The summed E-state index contributed by atoms with van der Waals surface area (Å²) < 4.78 is 36.2. The van der Waals surface area contributed by atoms with Crippen LogP contribution in [0.25, 0.3) is 0 Å². The van der Waals surface area contributed by atoms with Crippen molar-refractivity contribution in [3.8, 4) is 0 Å². The predicted octanol–water partition coefficient (Wildman–Crippen LogP) is 2.25. The van der Waals surface area contributed by atoms with Gasteiger partial charge < -0.3 is 10.2 Å². The molecule has 1 N–H and O–H groups in total. The molecule has 1 heterocycles. The summed E-state index contributed by atoms with van der Waals surface area (Å²) >= 11 is 0. The van der Waals surface area contributed by atoms with Crippen LogP contribution in [-0.2, 0) is 17.8 Å². The number of amides is 1. The van der Waals surface area contributed by atoms with E-state index >= 15 is 0 Å². The number of benzene rings is 1. The Morgan fingerprint density at radius 2 is 2.16 bits per heavy atom. The maximum atomic E-state index is 12.1. The molecule has 1 aliphatic rings. The van der Waals surface area contributed by atoms with Crippen LogP contribution in [0.1, 0.15) is 17.5 Å². The van der Waals surface area contributed by atoms with E-state index in [-0.39, 0.29) is 6.54 Å². The number of hydrogen-bond acceptors (Lipinski definition) is 2. The van der Waals surface area contributed by atoms with E-state index in [0.29, 0.717) is 5.56 Å². The first-order valence-corrected chi connectivity index (χ1v) is 6.06. The third-order valence-corrected chi connectivity index (χ3v) is 3.21. The summed E-state index contributed by atoms with van der Waals surface area (Å²) in [5.41, 5.74) is 2.91. The fraction of sp³-hybridized carbons (Fsp3) is 0.462. The van der Waals surface area contributed by atoms with Gasteiger partial charge >= 0.3 is 12.1 Å². The lowest BCUT2D eigenvalue weighted by Gasteiger charge is -2.27. The van der Waals surface area contributed by atoms with Crippen molar-refractivity contribution in [1.29, 1.82) is 0 Å². The quantitative estimate of drug-likeness (QED) is 0.895. The van der Waals surface area contributed by atoms with Gasteiger partial charge in [0.25, 0.3) is 0 Å². The molecule has 0 aromatic heterocycles. The molecule has 2 rings (SSSR count). The minimum Gasteiger partial charge on any atom is -0.374 e. The first kappa shape index (κ1) is 13.7. The number of nitrogens with zero attached hydrogens (tertiary/aromatic N) is 1. The largest absolute Gasteiger partial charge is 0.471 e. The fourth-order valence-corrected chi connectivity index (χ4v) is 2.23. The maximum Gasteiger partial charge on any atom is 0.471 e. The SMILES string of the molecule is CN1CCCc2cc(CNC(=O)C(F)(F)F)ccc21. The second-order valence-electron chi connectivity index (χ2n) is 4.67. The van der Waals surface area contributed by atoms with Gasteiger partial charge in [0.2, 0.25) is 0 Å². The van der Waals surface area contributed by atoms with Gasteiger partial charge in [-0.1, -0.05) is 12.1 Å². The molecular formula is C13H15F3N2O. The summed E-state index contributed by atoms with van der Waals surface area (Å²) in [5, 5.41) is 1.88. The summed E-state index contributed by atoms with van der Waals surface area (Å²) in [5.74, 6) is -1.90. The number of carbonyl (C=O) groups excluding carboxylic acids is 1. The maximum absolute atomic E-state index is 12.1. The van der Waals surface area contributed by atoms with Crippen LogP contribution in [0.2, 0.25) is 0 Å². The lowest BCUT2D eigenvalue weighted by Crippen LogP contribution is -2.36. The molecule has 6 heteroatoms. The Morgan fingerprint density at radius 1 is 1.42 bits per heavy atom. The van der Waals surface area contributed by atoms with Crippen LogP contribution >= 0.6 is 0 Å². The van der Waals surface area contributed by atoms with Crippen molar-refractivity contribution in [2.75, 3.05) is 18.5 Å². The summed E-state index contributed by atoms with van der Waals surface area (Å²) in [6, 6.07) is 5.50. The minimum atomic E-state index is -4.82. The van der Waals surface area contributed by atoms with Crippen molar-refractivity contribution in [3.63, 3.8) is 0 Å². The number of halogens is 3. The number of aryl methyl sites for hydroxylation is 1. The van der Waals surface area contributed by atoms with E-state index in [2.05, 4.69) is 4.90 Å². The fourth-order valence-electron chi connectivity index (χ4n) is 2.23. The highest BCUT2D eigenvalue weighted by atomic mass is 19.4. The van der Waals surface area contributed by atoms with Gasteiger partial charge in [0.05, 0.1) is 0 Å². The Bertz CT molecular complexity index is 485. The molecular weight excluding hydrogens is 257 g/mol. The van der Waals surface area contributed by atoms with Gasteiger partial charge in [0.1, 0.15) is 0 Å². The molecule has 0 unspecified atom stereocenters. The molecule has 1 aromatic carbocycles. The van der Waals surface area contributed by atoms with Crippen LogP contribution in [-0.4, -0.2) is 25.7 Å². The van der Waals surface area contributed by atoms with Gasteiger partial charge in [0.15, 0.2) is 0 Å². The van der Waals surface area contributed by atoms with Crippen LogP contribution in [0.4, 0.5) is 18.9 Å². The molecule has 1 aromatic rings. The highest BCUT2D eigenvalue weighted by molar-refractivity contribution is 5.81. The zero-order chi connectivity index (χ0) is 14.0. The molecule has 1 aliphatic heterocycles. The highest BCUT2D eigenvalue weighted by Crippen LogP contribution is 2.26. The molecule has 0 aliphatic carbocycles. The molecule has 0 radical (unpaired) electrons. The zero-order valence-corrected chi connectivity index (χ0v) is 10.5. The van der Waals surface area contributed by atoms with E-state index < -0.39 is 12.1 Å². The van der Waals surface area contributed by atoms with Gasteiger partial charge in [-0.05, 0) is 30.0 Å². The van der Waals surface area contributed by atoms with Crippen molar-refractivity contribution in [2.24, 2.45) is 0 Å². The average molecular weight is 272 g/mol. The van der Waals surface area contributed by atoms with Crippen molar-refractivity contribution in [1.82, 2.24) is 5.32 Å². The van der Waals surface area contributed by atoms with Crippen LogP contribution in [0.15, 0.2) is 18.2 Å². The van der Waals surface area contributed by atoms with E-state index in [0.717, 1.165) is 30.6 Å². The number of rotatable bonds is 2. The topological polar surface area (TPSA) is 32.3 Å². The summed E-state index contributed by atoms with van der Waals surface area (Å²) in [4.78, 5) is 12.9. The Morgan fingerprint density at radius 3 is 2.84 bits per heavy atom. The minimum absolute atomic E-state index is 0.102. The van der Waals surface area contributed by atoms with Crippen molar-refractivity contribution < 1.29 is 18.0 Å². The number of fused-ring (bicyclic) bond motifs is 1. The Balaban J connectivity index is 2.05. The molecule has 19 heavy (non-hydrogen) atoms. The van der Waals surface area contributed by atoms with Crippen LogP contribution in [0.5, 0.6) is 0 Å². The molecule has 0 fully saturated rings. The molecule has 0 saturated carbocycles. The third kappa shape index (κ3) is 3.19. The standard InChI is InChI=1S/C13H15F3N2O/c1-18-6-2-3-10-7-9(4-5-11(10)18)8-17-12(19)13(14,15)16/h4-5,7H,2-3,6,8H2,1H3,(H,17,19). The van der Waals surface area contributed by atoms with E-state index in [9.17, 15) is 18.0 Å². The van der Waals surface area contributed by atoms with Crippen LogP contribution in [0.3, 0.4) is 0 Å². The van der Waals surface area contributed by atoms with Crippen molar-refractivity contribution in [2.45, 2.75) is 25.6 Å². The molecule has 0 bridgehead atoms. The van der Waals surface area contributed by atoms with Crippen molar-refractivity contribution >= 4 is 11.6 Å². The second-order valence-corrected chi connectivity index (χ2v) is 4.67. The Hall–Kier alpha value is -1.72. The van der Waals surface area contributed by atoms with Crippen LogP contribution < -0.4 is 10.2 Å². The lowest BCUT2D eigenvalue weighted by molar-refractivity contribution is -0.173. The van der Waals surface area contributed by atoms with Gasteiger partial charge in [-0.3, -0.25) is 4.79 Å². The number of carbonyl (C=O) groups is 1. The normalized spacial score (nSPS) is 15.1. The Kier molecular flexibility index (Phi) is 3.68. The molecule has 3 nitrogen and oxygen atoms in total. The van der Waals surface area contributed by atoms with E-state index in [1.165, 1.54) is 0 Å². The molecule has 0 saturated heterocycles. The zero-order valence-electron chi connectivity index (χ0n) is 10.5. The number of hydrogen-bond donors (Lipinski definition) is 1. The van der Waals surface area contributed by atoms with E-state index in [1.54, 1.807) is 6.07 Å². The van der Waals surface area contributed by atoms with E-state index in [4.69, 9.17) is 0 Å². The first-order valence-electron chi connectivity index (χ1n) is 6.06. The van der Waals surface area contributed by atoms with E-state index in [1.807, 2.05) is 24.5 Å². The summed E-state index contributed by atoms with van der Waals surface area (Å²) in [6.07, 6.45) is -2.88. The molecule has 104 valence electrons. The predicted molar refractivity (Wildman–Crippen MR) is 65.9 cm³/mol. The molecule has 0 spiro atoms. The average Bonchev–Trinajstić information content (AvgIpc) is 2.35.